The van der Waals surface area contributed by atoms with E-state index in [-0.39, 0.29) is 18.0 Å². The van der Waals surface area contributed by atoms with Crippen molar-refractivity contribution in [2.45, 2.75) is 25.3 Å². The Bertz CT molecular complexity index is 265. The summed E-state index contributed by atoms with van der Waals surface area (Å²) in [7, 11) is 0. The van der Waals surface area contributed by atoms with Gasteiger partial charge in [-0.1, -0.05) is 6.08 Å². The Balaban J connectivity index is 2.26. The van der Waals surface area contributed by atoms with Crippen molar-refractivity contribution in [3.63, 3.8) is 0 Å². The van der Waals surface area contributed by atoms with Gasteiger partial charge in [0.25, 0.3) is 0 Å². The molecule has 0 bridgehead atoms. The highest BCUT2D eigenvalue weighted by molar-refractivity contribution is 5.75. The molecule has 2 amide bonds. The van der Waals surface area contributed by atoms with E-state index in [4.69, 9.17) is 5.11 Å². The minimum Gasteiger partial charge on any atom is -0.481 e. The zero-order chi connectivity index (χ0) is 11.3. The smallest absolute Gasteiger partial charge is 0.315 e. The first-order valence-corrected chi connectivity index (χ1v) is 5.01. The van der Waals surface area contributed by atoms with Crippen LogP contribution < -0.4 is 10.6 Å². The van der Waals surface area contributed by atoms with Crippen molar-refractivity contribution in [3.05, 3.63) is 12.7 Å². The molecule has 0 unspecified atom stereocenters. The second kappa shape index (κ2) is 5.38. The molecule has 15 heavy (non-hydrogen) atoms. The Morgan fingerprint density at radius 2 is 2.20 bits per heavy atom. The molecule has 1 saturated carbocycles. The fourth-order valence-electron chi connectivity index (χ4n) is 1.74. The molecular formula is C10H16N2O3. The SMILES string of the molecule is C=CCNC(=O)N[C@H]1CC[C@@H](C(=O)O)C1. The van der Waals surface area contributed by atoms with Crippen molar-refractivity contribution in [2.75, 3.05) is 6.54 Å². The van der Waals surface area contributed by atoms with Gasteiger partial charge in [0.1, 0.15) is 0 Å². The number of hydrogen-bond acceptors (Lipinski definition) is 2. The number of carbonyl (C=O) groups excluding carboxylic acids is 1. The second-order valence-corrected chi connectivity index (χ2v) is 3.69. The van der Waals surface area contributed by atoms with Crippen molar-refractivity contribution in [1.29, 1.82) is 0 Å². The molecule has 0 aromatic heterocycles. The van der Waals surface area contributed by atoms with Crippen LogP contribution >= 0.6 is 0 Å². The molecule has 1 fully saturated rings. The molecule has 0 saturated heterocycles. The normalized spacial score (nSPS) is 24.5. The van der Waals surface area contributed by atoms with E-state index in [9.17, 15) is 9.59 Å². The number of carboxylic acid groups (broad SMARTS) is 1. The average Bonchev–Trinajstić information content (AvgIpc) is 2.63. The van der Waals surface area contributed by atoms with E-state index in [1.807, 2.05) is 0 Å². The van der Waals surface area contributed by atoms with Crippen LogP contribution in [0.2, 0.25) is 0 Å². The van der Waals surface area contributed by atoms with Crippen LogP contribution in [0.1, 0.15) is 19.3 Å². The highest BCUT2D eigenvalue weighted by atomic mass is 16.4. The molecule has 0 spiro atoms. The molecule has 0 aliphatic heterocycles. The maximum atomic E-state index is 11.2. The predicted octanol–water partition coefficient (Wildman–Crippen LogP) is 0.725. The van der Waals surface area contributed by atoms with Crippen LogP contribution in [0, 0.1) is 5.92 Å². The molecule has 0 aromatic carbocycles. The van der Waals surface area contributed by atoms with Crippen molar-refractivity contribution in [1.82, 2.24) is 10.6 Å². The van der Waals surface area contributed by atoms with E-state index in [1.54, 1.807) is 6.08 Å². The molecule has 5 nitrogen and oxygen atoms in total. The summed E-state index contributed by atoms with van der Waals surface area (Å²) in [6.07, 6.45) is 3.49. The third kappa shape index (κ3) is 3.61. The molecule has 1 aliphatic rings. The van der Waals surface area contributed by atoms with Crippen LogP contribution in [0.25, 0.3) is 0 Å². The molecular weight excluding hydrogens is 196 g/mol. The van der Waals surface area contributed by atoms with E-state index < -0.39 is 5.97 Å². The van der Waals surface area contributed by atoms with E-state index in [1.165, 1.54) is 0 Å². The number of rotatable bonds is 4. The lowest BCUT2D eigenvalue weighted by Gasteiger charge is -2.12. The van der Waals surface area contributed by atoms with E-state index >= 15 is 0 Å². The third-order valence-electron chi connectivity index (χ3n) is 2.52. The number of nitrogens with one attached hydrogen (secondary N) is 2. The molecule has 1 rings (SSSR count). The van der Waals surface area contributed by atoms with Gasteiger partial charge in [-0.25, -0.2) is 4.79 Å². The summed E-state index contributed by atoms with van der Waals surface area (Å²) >= 11 is 0. The Labute approximate surface area is 88.5 Å². The van der Waals surface area contributed by atoms with Crippen molar-refractivity contribution < 1.29 is 14.7 Å². The van der Waals surface area contributed by atoms with Gasteiger partial charge in [0.05, 0.1) is 5.92 Å². The number of aliphatic carboxylic acids is 1. The first-order chi connectivity index (χ1) is 7.13. The Morgan fingerprint density at radius 3 is 2.73 bits per heavy atom. The summed E-state index contributed by atoms with van der Waals surface area (Å²) < 4.78 is 0. The van der Waals surface area contributed by atoms with Gasteiger partial charge >= 0.3 is 12.0 Å². The molecule has 84 valence electrons. The number of amides is 2. The lowest BCUT2D eigenvalue weighted by Crippen LogP contribution is -2.41. The fourth-order valence-corrected chi connectivity index (χ4v) is 1.74. The standard InChI is InChI=1S/C10H16N2O3/c1-2-5-11-10(15)12-8-4-3-7(6-8)9(13)14/h2,7-8H,1,3-6H2,(H,13,14)(H2,11,12,15)/t7-,8+/m1/s1. The van der Waals surface area contributed by atoms with Crippen LogP contribution in [0.15, 0.2) is 12.7 Å². The monoisotopic (exact) mass is 212 g/mol. The van der Waals surface area contributed by atoms with Crippen molar-refractivity contribution >= 4 is 12.0 Å². The minimum absolute atomic E-state index is 0.0177. The van der Waals surface area contributed by atoms with E-state index in [0.29, 0.717) is 19.4 Å². The van der Waals surface area contributed by atoms with Crippen LogP contribution in [-0.2, 0) is 4.79 Å². The fraction of sp³-hybridized carbons (Fsp3) is 0.600. The molecule has 1 aliphatic carbocycles. The van der Waals surface area contributed by atoms with E-state index in [2.05, 4.69) is 17.2 Å². The zero-order valence-corrected chi connectivity index (χ0v) is 8.53. The summed E-state index contributed by atoms with van der Waals surface area (Å²) in [6, 6.07) is -0.276. The van der Waals surface area contributed by atoms with Crippen LogP contribution in [0.3, 0.4) is 0 Å². The quantitative estimate of drug-likeness (QED) is 0.601. The zero-order valence-electron chi connectivity index (χ0n) is 8.53. The van der Waals surface area contributed by atoms with Crippen LogP contribution in [-0.4, -0.2) is 29.7 Å². The lowest BCUT2D eigenvalue weighted by atomic mass is 10.1. The number of carboxylic acids is 1. The Morgan fingerprint density at radius 1 is 1.47 bits per heavy atom. The summed E-state index contributed by atoms with van der Waals surface area (Å²) in [5.41, 5.74) is 0. The second-order valence-electron chi connectivity index (χ2n) is 3.69. The largest absolute Gasteiger partial charge is 0.481 e. The molecule has 0 heterocycles. The van der Waals surface area contributed by atoms with E-state index in [0.717, 1.165) is 6.42 Å². The molecule has 0 radical (unpaired) electrons. The van der Waals surface area contributed by atoms with Crippen LogP contribution in [0.4, 0.5) is 4.79 Å². The summed E-state index contributed by atoms with van der Waals surface area (Å²) in [4.78, 5) is 21.9. The first-order valence-electron chi connectivity index (χ1n) is 5.01. The summed E-state index contributed by atoms with van der Waals surface area (Å²) in [5, 5.41) is 14.1. The van der Waals surface area contributed by atoms with Gasteiger partial charge in [0, 0.05) is 12.6 Å². The first kappa shape index (κ1) is 11.6. The van der Waals surface area contributed by atoms with Gasteiger partial charge in [-0.3, -0.25) is 4.79 Å². The third-order valence-corrected chi connectivity index (χ3v) is 2.52. The lowest BCUT2D eigenvalue weighted by molar-refractivity contribution is -0.141. The predicted molar refractivity (Wildman–Crippen MR) is 55.5 cm³/mol. The summed E-state index contributed by atoms with van der Waals surface area (Å²) in [6.45, 7) is 3.90. The maximum absolute atomic E-state index is 11.2. The van der Waals surface area contributed by atoms with Crippen LogP contribution in [0.5, 0.6) is 0 Å². The van der Waals surface area contributed by atoms with Gasteiger partial charge in [0.15, 0.2) is 0 Å². The summed E-state index contributed by atoms with van der Waals surface area (Å²) in [5.74, 6) is -1.08. The van der Waals surface area contributed by atoms with Gasteiger partial charge in [-0.2, -0.15) is 0 Å². The Hall–Kier alpha value is -1.52. The van der Waals surface area contributed by atoms with Gasteiger partial charge in [0.2, 0.25) is 0 Å². The topological polar surface area (TPSA) is 78.4 Å². The molecule has 0 aromatic rings. The van der Waals surface area contributed by atoms with Crippen molar-refractivity contribution in [3.8, 4) is 0 Å². The molecule has 5 heteroatoms. The van der Waals surface area contributed by atoms with Gasteiger partial charge in [-0.15, -0.1) is 6.58 Å². The molecule has 3 N–H and O–H groups in total. The molecule has 2 atom stereocenters. The highest BCUT2D eigenvalue weighted by Gasteiger charge is 2.30. The average molecular weight is 212 g/mol. The number of hydrogen-bond donors (Lipinski definition) is 3. The number of urea groups is 1. The minimum atomic E-state index is -0.772. The van der Waals surface area contributed by atoms with Gasteiger partial charge < -0.3 is 15.7 Å². The van der Waals surface area contributed by atoms with Gasteiger partial charge in [-0.05, 0) is 19.3 Å². The Kier molecular flexibility index (Phi) is 4.15. The highest BCUT2D eigenvalue weighted by Crippen LogP contribution is 2.25. The number of carbonyl (C=O) groups is 2. The maximum Gasteiger partial charge on any atom is 0.315 e. The van der Waals surface area contributed by atoms with Crippen molar-refractivity contribution in [2.24, 2.45) is 5.92 Å².